The molecule has 0 spiro atoms. The van der Waals surface area contributed by atoms with Gasteiger partial charge in [-0.05, 0) is 13.0 Å². The molecule has 2 aromatic rings. The van der Waals surface area contributed by atoms with Crippen molar-refractivity contribution in [3.05, 3.63) is 40.9 Å². The van der Waals surface area contributed by atoms with Gasteiger partial charge in [0.2, 0.25) is 0 Å². The zero-order chi connectivity index (χ0) is 15.2. The highest BCUT2D eigenvalue weighted by molar-refractivity contribution is 7.13. The summed E-state index contributed by atoms with van der Waals surface area (Å²) in [5, 5.41) is 2.51. The van der Waals surface area contributed by atoms with E-state index in [1.165, 1.54) is 23.5 Å². The predicted octanol–water partition coefficient (Wildman–Crippen LogP) is 4.24. The smallest absolute Gasteiger partial charge is 0.306 e. The summed E-state index contributed by atoms with van der Waals surface area (Å²) >= 11 is 1.38. The van der Waals surface area contributed by atoms with E-state index in [2.05, 4.69) is 4.98 Å². The van der Waals surface area contributed by atoms with Crippen LogP contribution in [0.2, 0.25) is 0 Å². The number of thiazole rings is 1. The molecule has 0 atom stereocenters. The number of halogens is 2. The molecule has 0 bridgehead atoms. The molecular weight excluding hydrogens is 296 g/mol. The van der Waals surface area contributed by atoms with Gasteiger partial charge in [-0.15, -0.1) is 11.3 Å². The average molecular weight is 311 g/mol. The molecule has 112 valence electrons. The van der Waals surface area contributed by atoms with Gasteiger partial charge in [-0.1, -0.05) is 18.2 Å². The Morgan fingerprint density at radius 1 is 1.43 bits per heavy atom. The summed E-state index contributed by atoms with van der Waals surface area (Å²) in [6.07, 6.45) is -1.73. The van der Waals surface area contributed by atoms with Crippen LogP contribution in [0.3, 0.4) is 0 Å². The summed E-state index contributed by atoms with van der Waals surface area (Å²) in [6.45, 7) is 2.12. The van der Waals surface area contributed by atoms with Crippen LogP contribution in [0.25, 0.3) is 10.6 Å². The zero-order valence-electron chi connectivity index (χ0n) is 11.5. The Kier molecular flexibility index (Phi) is 5.38. The van der Waals surface area contributed by atoms with Crippen LogP contribution in [-0.2, 0) is 16.0 Å². The van der Waals surface area contributed by atoms with Crippen molar-refractivity contribution in [1.29, 1.82) is 0 Å². The largest absolute Gasteiger partial charge is 0.466 e. The minimum absolute atomic E-state index is 0.0178. The highest BCUT2D eigenvalue weighted by Crippen LogP contribution is 2.28. The second-order valence-electron chi connectivity index (χ2n) is 4.38. The lowest BCUT2D eigenvalue weighted by atomic mass is 10.1. The third kappa shape index (κ3) is 4.32. The minimum atomic E-state index is -2.49. The lowest BCUT2D eigenvalue weighted by molar-refractivity contribution is -0.143. The summed E-state index contributed by atoms with van der Waals surface area (Å²) < 4.78 is 30.2. The molecule has 21 heavy (non-hydrogen) atoms. The maximum Gasteiger partial charge on any atom is 0.306 e. The maximum atomic E-state index is 12.7. The molecule has 0 amide bonds. The fourth-order valence-corrected chi connectivity index (χ4v) is 2.68. The van der Waals surface area contributed by atoms with E-state index in [0.29, 0.717) is 23.6 Å². The van der Waals surface area contributed by atoms with Gasteiger partial charge in [-0.2, -0.15) is 0 Å². The van der Waals surface area contributed by atoms with E-state index in [-0.39, 0.29) is 18.0 Å². The quantitative estimate of drug-likeness (QED) is 0.749. The molecular formula is C15H15F2NO2S. The zero-order valence-corrected chi connectivity index (χ0v) is 12.3. The number of hydrogen-bond donors (Lipinski definition) is 0. The molecule has 0 N–H and O–H groups in total. The van der Waals surface area contributed by atoms with Gasteiger partial charge in [-0.25, -0.2) is 13.8 Å². The Morgan fingerprint density at radius 3 is 2.95 bits per heavy atom. The number of carbonyl (C=O) groups excluding carboxylic acids is 1. The van der Waals surface area contributed by atoms with Crippen molar-refractivity contribution in [3.63, 3.8) is 0 Å². The van der Waals surface area contributed by atoms with E-state index in [1.54, 1.807) is 19.1 Å². The minimum Gasteiger partial charge on any atom is -0.466 e. The fourth-order valence-electron chi connectivity index (χ4n) is 1.83. The number of benzene rings is 1. The van der Waals surface area contributed by atoms with E-state index in [4.69, 9.17) is 4.74 Å². The highest BCUT2D eigenvalue weighted by atomic mass is 32.1. The van der Waals surface area contributed by atoms with E-state index in [1.807, 2.05) is 5.38 Å². The van der Waals surface area contributed by atoms with Crippen LogP contribution >= 0.6 is 11.3 Å². The van der Waals surface area contributed by atoms with Gasteiger partial charge >= 0.3 is 5.97 Å². The molecule has 1 aromatic carbocycles. The molecule has 0 unspecified atom stereocenters. The number of aryl methyl sites for hydroxylation is 1. The molecule has 1 heterocycles. The van der Waals surface area contributed by atoms with Crippen LogP contribution < -0.4 is 0 Å². The van der Waals surface area contributed by atoms with Crippen molar-refractivity contribution in [2.45, 2.75) is 26.2 Å². The van der Waals surface area contributed by atoms with Crippen LogP contribution in [0.4, 0.5) is 8.78 Å². The van der Waals surface area contributed by atoms with Crippen LogP contribution in [-0.4, -0.2) is 17.6 Å². The van der Waals surface area contributed by atoms with E-state index >= 15 is 0 Å². The summed E-state index contributed by atoms with van der Waals surface area (Å²) in [6, 6.07) is 6.18. The first-order chi connectivity index (χ1) is 10.1. The third-order valence-corrected chi connectivity index (χ3v) is 3.77. The lowest BCUT2D eigenvalue weighted by Crippen LogP contribution is -2.05. The Morgan fingerprint density at radius 2 is 2.24 bits per heavy atom. The summed E-state index contributed by atoms with van der Waals surface area (Å²) in [7, 11) is 0. The first kappa shape index (κ1) is 15.6. The van der Waals surface area contributed by atoms with E-state index in [9.17, 15) is 13.6 Å². The van der Waals surface area contributed by atoms with Crippen molar-refractivity contribution >= 4 is 17.3 Å². The summed E-state index contributed by atoms with van der Waals surface area (Å²) in [4.78, 5) is 15.7. The van der Waals surface area contributed by atoms with Gasteiger partial charge in [0.1, 0.15) is 5.01 Å². The Bertz CT molecular complexity index is 613. The Labute approximate surface area is 125 Å². The molecule has 0 fully saturated rings. The summed E-state index contributed by atoms with van der Waals surface area (Å²) in [5.41, 5.74) is 1.42. The molecule has 0 aliphatic heterocycles. The van der Waals surface area contributed by atoms with Gasteiger partial charge in [0.05, 0.1) is 18.7 Å². The van der Waals surface area contributed by atoms with Gasteiger partial charge in [0, 0.05) is 22.9 Å². The third-order valence-electron chi connectivity index (χ3n) is 2.83. The summed E-state index contributed by atoms with van der Waals surface area (Å²) in [5.74, 6) is -0.258. The van der Waals surface area contributed by atoms with Crippen molar-refractivity contribution in [2.75, 3.05) is 6.61 Å². The van der Waals surface area contributed by atoms with Crippen molar-refractivity contribution in [1.82, 2.24) is 4.98 Å². The van der Waals surface area contributed by atoms with Crippen LogP contribution in [0.5, 0.6) is 0 Å². The Balaban J connectivity index is 2.06. The Hall–Kier alpha value is -1.82. The molecule has 0 saturated carbocycles. The maximum absolute atomic E-state index is 12.7. The van der Waals surface area contributed by atoms with Gasteiger partial charge in [0.15, 0.2) is 0 Å². The first-order valence-corrected chi connectivity index (χ1v) is 7.46. The van der Waals surface area contributed by atoms with E-state index < -0.39 is 6.43 Å². The second-order valence-corrected chi connectivity index (χ2v) is 5.23. The van der Waals surface area contributed by atoms with Crippen molar-refractivity contribution in [2.24, 2.45) is 0 Å². The molecule has 3 nitrogen and oxygen atoms in total. The number of hydrogen-bond acceptors (Lipinski definition) is 4. The predicted molar refractivity (Wildman–Crippen MR) is 77.5 cm³/mol. The monoisotopic (exact) mass is 311 g/mol. The topological polar surface area (TPSA) is 39.2 Å². The molecule has 0 radical (unpaired) electrons. The van der Waals surface area contributed by atoms with Crippen LogP contribution in [0, 0.1) is 0 Å². The molecule has 0 aliphatic rings. The van der Waals surface area contributed by atoms with Crippen LogP contribution in [0.15, 0.2) is 29.6 Å². The molecule has 1 aromatic heterocycles. The second kappa shape index (κ2) is 7.26. The SMILES string of the molecule is CCOC(=O)CCc1csc(-c2cccc(C(F)F)c2)n1. The number of esters is 1. The van der Waals surface area contributed by atoms with Gasteiger partial charge < -0.3 is 4.74 Å². The van der Waals surface area contributed by atoms with Gasteiger partial charge in [0.25, 0.3) is 6.43 Å². The normalized spacial score (nSPS) is 10.9. The number of carbonyl (C=O) groups is 1. The number of aromatic nitrogens is 1. The number of alkyl halides is 2. The number of ether oxygens (including phenoxy) is 1. The molecule has 0 saturated heterocycles. The molecule has 2 rings (SSSR count). The van der Waals surface area contributed by atoms with Gasteiger partial charge in [-0.3, -0.25) is 4.79 Å². The van der Waals surface area contributed by atoms with Crippen molar-refractivity contribution in [3.8, 4) is 10.6 Å². The standard InChI is InChI=1S/C15H15F2NO2S/c1-2-20-13(19)7-6-12-9-21-15(18-12)11-5-3-4-10(8-11)14(16)17/h3-5,8-9,14H,2,6-7H2,1H3. The fraction of sp³-hybridized carbons (Fsp3) is 0.333. The van der Waals surface area contributed by atoms with Crippen LogP contribution in [0.1, 0.15) is 31.0 Å². The average Bonchev–Trinajstić information content (AvgIpc) is 2.94. The number of rotatable bonds is 6. The molecule has 6 heteroatoms. The van der Waals surface area contributed by atoms with E-state index in [0.717, 1.165) is 5.69 Å². The lowest BCUT2D eigenvalue weighted by Gasteiger charge is -2.02. The number of nitrogens with zero attached hydrogens (tertiary/aromatic N) is 1. The van der Waals surface area contributed by atoms with Crippen molar-refractivity contribution < 1.29 is 18.3 Å². The first-order valence-electron chi connectivity index (χ1n) is 6.58. The highest BCUT2D eigenvalue weighted by Gasteiger charge is 2.11. The molecule has 0 aliphatic carbocycles.